The SMILES string of the molecule is Cc1ccc(C)c(-n2nc(-c3ccc(F)cc3Cl)c3c2NCCCC3)c1. The van der Waals surface area contributed by atoms with E-state index in [1.165, 1.54) is 17.7 Å². The van der Waals surface area contributed by atoms with Crippen LogP contribution in [-0.2, 0) is 6.42 Å². The van der Waals surface area contributed by atoms with Crippen LogP contribution in [0.15, 0.2) is 36.4 Å². The van der Waals surface area contributed by atoms with Crippen LogP contribution in [-0.4, -0.2) is 16.3 Å². The van der Waals surface area contributed by atoms with Crippen LogP contribution >= 0.6 is 11.6 Å². The summed E-state index contributed by atoms with van der Waals surface area (Å²) in [7, 11) is 0. The van der Waals surface area contributed by atoms with E-state index < -0.39 is 0 Å². The molecule has 1 N–H and O–H groups in total. The summed E-state index contributed by atoms with van der Waals surface area (Å²) >= 11 is 6.35. The molecule has 3 nitrogen and oxygen atoms in total. The van der Waals surface area contributed by atoms with Crippen molar-refractivity contribution in [3.63, 3.8) is 0 Å². The lowest BCUT2D eigenvalue weighted by atomic mass is 10.0. The summed E-state index contributed by atoms with van der Waals surface area (Å²) in [5, 5.41) is 8.85. The maximum absolute atomic E-state index is 13.5. The Morgan fingerprint density at radius 1 is 1.12 bits per heavy atom. The highest BCUT2D eigenvalue weighted by molar-refractivity contribution is 6.33. The van der Waals surface area contributed by atoms with Crippen molar-refractivity contribution in [1.82, 2.24) is 9.78 Å². The highest BCUT2D eigenvalue weighted by Crippen LogP contribution is 2.37. The van der Waals surface area contributed by atoms with Crippen LogP contribution in [0.3, 0.4) is 0 Å². The maximum atomic E-state index is 13.5. The maximum Gasteiger partial charge on any atom is 0.133 e. The van der Waals surface area contributed by atoms with Crippen molar-refractivity contribution < 1.29 is 4.39 Å². The molecule has 0 fully saturated rings. The van der Waals surface area contributed by atoms with Crippen LogP contribution < -0.4 is 5.32 Å². The molecule has 3 aromatic rings. The summed E-state index contributed by atoms with van der Waals surface area (Å²) in [4.78, 5) is 0. The first-order chi connectivity index (χ1) is 12.5. The van der Waals surface area contributed by atoms with Gasteiger partial charge in [-0.25, -0.2) is 9.07 Å². The number of hydrogen-bond donors (Lipinski definition) is 1. The summed E-state index contributed by atoms with van der Waals surface area (Å²) in [6, 6.07) is 10.9. The monoisotopic (exact) mass is 369 g/mol. The predicted octanol–water partition coefficient (Wildman–Crippen LogP) is 5.70. The molecule has 4 rings (SSSR count). The molecule has 1 aliphatic heterocycles. The van der Waals surface area contributed by atoms with Crippen LogP contribution in [0.1, 0.15) is 29.5 Å². The molecule has 0 amide bonds. The summed E-state index contributed by atoms with van der Waals surface area (Å²) in [5.74, 6) is 0.684. The standard InChI is InChI=1S/C21H21ClFN3/c1-13-6-7-14(2)19(11-13)26-21-17(5-3-4-10-24-21)20(25-26)16-9-8-15(23)12-18(16)22/h6-9,11-12,24H,3-5,10H2,1-2H3. The Morgan fingerprint density at radius 2 is 1.96 bits per heavy atom. The molecular weight excluding hydrogens is 349 g/mol. The Hall–Kier alpha value is -2.33. The van der Waals surface area contributed by atoms with Crippen molar-refractivity contribution in [3.05, 3.63) is 63.9 Å². The van der Waals surface area contributed by atoms with Crippen LogP contribution in [0.25, 0.3) is 16.9 Å². The minimum atomic E-state index is -0.336. The molecule has 2 heterocycles. The quantitative estimate of drug-likeness (QED) is 0.628. The molecular formula is C21H21ClFN3. The second-order valence-corrected chi connectivity index (χ2v) is 7.29. The lowest BCUT2D eigenvalue weighted by Gasteiger charge is -2.12. The third kappa shape index (κ3) is 2.99. The normalized spacial score (nSPS) is 13.8. The van der Waals surface area contributed by atoms with Crippen molar-refractivity contribution in [3.8, 4) is 16.9 Å². The molecule has 1 aromatic heterocycles. The van der Waals surface area contributed by atoms with Gasteiger partial charge in [-0.05, 0) is 68.5 Å². The first kappa shape index (κ1) is 17.1. The van der Waals surface area contributed by atoms with E-state index in [4.69, 9.17) is 16.7 Å². The van der Waals surface area contributed by atoms with Gasteiger partial charge in [0.15, 0.2) is 0 Å². The second kappa shape index (κ2) is 6.76. The topological polar surface area (TPSA) is 29.9 Å². The number of nitrogens with zero attached hydrogens (tertiary/aromatic N) is 2. The smallest absolute Gasteiger partial charge is 0.133 e. The number of rotatable bonds is 2. The number of aromatic nitrogens is 2. The Morgan fingerprint density at radius 3 is 2.77 bits per heavy atom. The van der Waals surface area contributed by atoms with Crippen molar-refractivity contribution in [1.29, 1.82) is 0 Å². The van der Waals surface area contributed by atoms with E-state index in [0.29, 0.717) is 5.02 Å². The third-order valence-electron chi connectivity index (χ3n) is 4.91. The van der Waals surface area contributed by atoms with Gasteiger partial charge < -0.3 is 5.32 Å². The van der Waals surface area contributed by atoms with Gasteiger partial charge in [-0.3, -0.25) is 0 Å². The molecule has 0 spiro atoms. The first-order valence-corrected chi connectivity index (χ1v) is 9.31. The van der Waals surface area contributed by atoms with E-state index in [1.807, 2.05) is 4.68 Å². The summed E-state index contributed by atoms with van der Waals surface area (Å²) in [6.45, 7) is 5.08. The fraction of sp³-hybridized carbons (Fsp3) is 0.286. The molecule has 5 heteroatoms. The van der Waals surface area contributed by atoms with Crippen molar-refractivity contribution in [2.45, 2.75) is 33.1 Å². The summed E-state index contributed by atoms with van der Waals surface area (Å²) in [6.07, 6.45) is 3.12. The van der Waals surface area contributed by atoms with E-state index >= 15 is 0 Å². The van der Waals surface area contributed by atoms with Crippen LogP contribution in [0.4, 0.5) is 10.2 Å². The number of nitrogens with one attached hydrogen (secondary N) is 1. The van der Waals surface area contributed by atoms with Gasteiger partial charge in [0.1, 0.15) is 11.6 Å². The first-order valence-electron chi connectivity index (χ1n) is 8.93. The Kier molecular flexibility index (Phi) is 4.45. The minimum Gasteiger partial charge on any atom is -0.370 e. The van der Waals surface area contributed by atoms with E-state index in [-0.39, 0.29) is 5.82 Å². The van der Waals surface area contributed by atoms with Gasteiger partial charge in [0.25, 0.3) is 0 Å². The third-order valence-corrected chi connectivity index (χ3v) is 5.22. The van der Waals surface area contributed by atoms with Crippen LogP contribution in [0.5, 0.6) is 0 Å². The van der Waals surface area contributed by atoms with Crippen molar-refractivity contribution in [2.24, 2.45) is 0 Å². The largest absolute Gasteiger partial charge is 0.370 e. The average Bonchev–Trinajstić information content (AvgIpc) is 2.78. The average molecular weight is 370 g/mol. The molecule has 0 unspecified atom stereocenters. The molecule has 134 valence electrons. The molecule has 0 bridgehead atoms. The molecule has 26 heavy (non-hydrogen) atoms. The van der Waals surface area contributed by atoms with E-state index in [9.17, 15) is 4.39 Å². The zero-order valence-corrected chi connectivity index (χ0v) is 15.7. The van der Waals surface area contributed by atoms with Gasteiger partial charge in [-0.1, -0.05) is 23.7 Å². The van der Waals surface area contributed by atoms with Crippen molar-refractivity contribution >= 4 is 17.4 Å². The molecule has 0 radical (unpaired) electrons. The van der Waals surface area contributed by atoms with Crippen LogP contribution in [0.2, 0.25) is 5.02 Å². The van der Waals surface area contributed by atoms with Gasteiger partial charge in [0, 0.05) is 17.7 Å². The molecule has 0 atom stereocenters. The number of anilines is 1. The fourth-order valence-corrected chi connectivity index (χ4v) is 3.78. The molecule has 0 saturated heterocycles. The molecule has 1 aliphatic rings. The van der Waals surface area contributed by atoms with Crippen LogP contribution in [0, 0.1) is 19.7 Å². The Bertz CT molecular complexity index is 978. The Labute approximate surface area is 157 Å². The molecule has 2 aromatic carbocycles. The van der Waals surface area contributed by atoms with E-state index in [2.05, 4.69) is 37.4 Å². The van der Waals surface area contributed by atoms with Gasteiger partial charge in [0.05, 0.1) is 16.4 Å². The summed E-state index contributed by atoms with van der Waals surface area (Å²) in [5.41, 5.74) is 6.16. The lowest BCUT2D eigenvalue weighted by molar-refractivity contribution is 0.628. The highest BCUT2D eigenvalue weighted by atomic mass is 35.5. The number of halogens is 2. The number of fused-ring (bicyclic) bond motifs is 1. The van der Waals surface area contributed by atoms with E-state index in [0.717, 1.165) is 59.7 Å². The molecule has 0 aliphatic carbocycles. The molecule has 0 saturated carbocycles. The Balaban J connectivity index is 1.96. The number of benzene rings is 2. The highest BCUT2D eigenvalue weighted by Gasteiger charge is 2.23. The minimum absolute atomic E-state index is 0.336. The second-order valence-electron chi connectivity index (χ2n) is 6.89. The zero-order valence-electron chi connectivity index (χ0n) is 14.9. The van der Waals surface area contributed by atoms with Crippen molar-refractivity contribution in [2.75, 3.05) is 11.9 Å². The summed E-state index contributed by atoms with van der Waals surface area (Å²) < 4.78 is 15.5. The van der Waals surface area contributed by atoms with Gasteiger partial charge in [-0.2, -0.15) is 5.10 Å². The lowest BCUT2D eigenvalue weighted by Crippen LogP contribution is -2.08. The van der Waals surface area contributed by atoms with Gasteiger partial charge >= 0.3 is 0 Å². The number of hydrogen-bond acceptors (Lipinski definition) is 2. The predicted molar refractivity (Wildman–Crippen MR) is 105 cm³/mol. The fourth-order valence-electron chi connectivity index (χ4n) is 3.52. The van der Waals surface area contributed by atoms with Gasteiger partial charge in [-0.15, -0.1) is 0 Å². The van der Waals surface area contributed by atoms with Gasteiger partial charge in [0.2, 0.25) is 0 Å². The number of aryl methyl sites for hydroxylation is 2. The zero-order chi connectivity index (χ0) is 18.3. The van der Waals surface area contributed by atoms with E-state index in [1.54, 1.807) is 6.07 Å².